The summed E-state index contributed by atoms with van der Waals surface area (Å²) in [6.07, 6.45) is 0.704. The average Bonchev–Trinajstić information content (AvgIpc) is 2.40. The fourth-order valence-corrected chi connectivity index (χ4v) is 2.89. The Morgan fingerprint density at radius 3 is 2.68 bits per heavy atom. The van der Waals surface area contributed by atoms with Gasteiger partial charge < -0.3 is 0 Å². The van der Waals surface area contributed by atoms with Crippen molar-refractivity contribution >= 4 is 38.5 Å². The van der Waals surface area contributed by atoms with Crippen LogP contribution in [-0.4, -0.2) is 0 Å². The van der Waals surface area contributed by atoms with Crippen LogP contribution in [0.25, 0.3) is 0 Å². The molecule has 0 aliphatic heterocycles. The maximum atomic E-state index is 13.2. The van der Waals surface area contributed by atoms with E-state index < -0.39 is 0 Å². The predicted molar refractivity (Wildman–Crippen MR) is 87.0 cm³/mol. The second-order valence-electron chi connectivity index (χ2n) is 4.23. The Morgan fingerprint density at radius 1 is 1.26 bits per heavy atom. The van der Waals surface area contributed by atoms with Crippen molar-refractivity contribution in [1.29, 1.82) is 0 Å². The minimum absolute atomic E-state index is 0.00655. The highest BCUT2D eigenvalue weighted by molar-refractivity contribution is 14.1. The molecule has 2 aromatic rings. The third-order valence-corrected chi connectivity index (χ3v) is 4.15. The number of hydrazine groups is 1. The van der Waals surface area contributed by atoms with Gasteiger partial charge in [0.25, 0.3) is 0 Å². The van der Waals surface area contributed by atoms with Crippen LogP contribution in [0.1, 0.15) is 17.2 Å². The molecule has 0 spiro atoms. The van der Waals surface area contributed by atoms with Gasteiger partial charge in [0.1, 0.15) is 5.82 Å². The molecule has 0 aliphatic carbocycles. The van der Waals surface area contributed by atoms with Gasteiger partial charge in [-0.1, -0.05) is 18.2 Å². The molecule has 3 N–H and O–H groups in total. The molecule has 0 fully saturated rings. The van der Waals surface area contributed by atoms with E-state index in [1.807, 2.05) is 18.2 Å². The molecular formula is C14H13BrFIN2. The van der Waals surface area contributed by atoms with Crippen molar-refractivity contribution in [2.24, 2.45) is 5.84 Å². The van der Waals surface area contributed by atoms with Crippen LogP contribution in [0.15, 0.2) is 46.9 Å². The van der Waals surface area contributed by atoms with Gasteiger partial charge in [0, 0.05) is 3.57 Å². The lowest BCUT2D eigenvalue weighted by Gasteiger charge is -2.17. The zero-order chi connectivity index (χ0) is 13.8. The second-order valence-corrected chi connectivity index (χ2v) is 6.33. The summed E-state index contributed by atoms with van der Waals surface area (Å²) in [6, 6.07) is 13.2. The van der Waals surface area contributed by atoms with E-state index in [2.05, 4.69) is 50.0 Å². The van der Waals surface area contributed by atoms with Gasteiger partial charge in [0.2, 0.25) is 0 Å². The van der Waals surface area contributed by atoms with Crippen LogP contribution in [0.2, 0.25) is 0 Å². The zero-order valence-electron chi connectivity index (χ0n) is 10.0. The van der Waals surface area contributed by atoms with Crippen molar-refractivity contribution in [2.75, 3.05) is 0 Å². The first-order valence-corrected chi connectivity index (χ1v) is 7.63. The molecule has 19 heavy (non-hydrogen) atoms. The van der Waals surface area contributed by atoms with E-state index in [1.165, 1.54) is 6.07 Å². The van der Waals surface area contributed by atoms with E-state index in [9.17, 15) is 4.39 Å². The lowest BCUT2D eigenvalue weighted by molar-refractivity contribution is 0.550. The first kappa shape index (κ1) is 14.9. The summed E-state index contributed by atoms with van der Waals surface area (Å²) >= 11 is 5.47. The summed E-state index contributed by atoms with van der Waals surface area (Å²) in [4.78, 5) is 0. The van der Waals surface area contributed by atoms with Gasteiger partial charge in [-0.05, 0) is 80.3 Å². The molecular weight excluding hydrogens is 422 g/mol. The molecule has 0 saturated heterocycles. The lowest BCUT2D eigenvalue weighted by atomic mass is 9.99. The molecule has 0 saturated carbocycles. The van der Waals surface area contributed by atoms with Gasteiger partial charge >= 0.3 is 0 Å². The maximum Gasteiger partial charge on any atom is 0.137 e. The van der Waals surface area contributed by atoms with E-state index >= 15 is 0 Å². The highest BCUT2D eigenvalue weighted by Crippen LogP contribution is 2.23. The van der Waals surface area contributed by atoms with Gasteiger partial charge in [-0.15, -0.1) is 0 Å². The second kappa shape index (κ2) is 6.78. The van der Waals surface area contributed by atoms with Crippen LogP contribution in [0.3, 0.4) is 0 Å². The minimum Gasteiger partial charge on any atom is -0.271 e. The molecule has 1 atom stereocenters. The molecule has 0 amide bonds. The number of nitrogens with two attached hydrogens (primary N) is 1. The predicted octanol–water partition coefficient (Wildman–Crippen LogP) is 3.94. The molecule has 5 heteroatoms. The fourth-order valence-electron chi connectivity index (χ4n) is 1.90. The number of benzene rings is 2. The lowest BCUT2D eigenvalue weighted by Crippen LogP contribution is -2.29. The summed E-state index contributed by atoms with van der Waals surface area (Å²) < 4.78 is 14.8. The molecule has 0 aromatic heterocycles. The fraction of sp³-hybridized carbons (Fsp3) is 0.143. The monoisotopic (exact) mass is 434 g/mol. The summed E-state index contributed by atoms with van der Waals surface area (Å²) in [5.41, 5.74) is 4.96. The van der Waals surface area contributed by atoms with Gasteiger partial charge in [0.05, 0.1) is 10.5 Å². The molecule has 0 radical (unpaired) electrons. The Bertz CT molecular complexity index is 577. The van der Waals surface area contributed by atoms with Crippen LogP contribution in [0.4, 0.5) is 4.39 Å². The van der Waals surface area contributed by atoms with Crippen LogP contribution in [0.5, 0.6) is 0 Å². The van der Waals surface area contributed by atoms with Crippen LogP contribution in [0, 0.1) is 9.39 Å². The molecule has 0 bridgehead atoms. The molecule has 1 unspecified atom stereocenters. The summed E-state index contributed by atoms with van der Waals surface area (Å²) in [7, 11) is 0. The molecule has 100 valence electrons. The number of rotatable bonds is 4. The Balaban J connectivity index is 2.21. The Morgan fingerprint density at radius 2 is 2.05 bits per heavy atom. The summed E-state index contributed by atoms with van der Waals surface area (Å²) in [5, 5.41) is 0. The first-order chi connectivity index (χ1) is 9.10. The van der Waals surface area contributed by atoms with Crippen LogP contribution < -0.4 is 11.3 Å². The molecule has 0 aliphatic rings. The molecule has 2 aromatic carbocycles. The van der Waals surface area contributed by atoms with Gasteiger partial charge in [0.15, 0.2) is 0 Å². The van der Waals surface area contributed by atoms with E-state index in [1.54, 1.807) is 12.1 Å². The Hall–Kier alpha value is -0.500. The van der Waals surface area contributed by atoms with Crippen molar-refractivity contribution in [3.8, 4) is 0 Å². The largest absolute Gasteiger partial charge is 0.271 e. The topological polar surface area (TPSA) is 38.0 Å². The third kappa shape index (κ3) is 3.98. The molecule has 0 heterocycles. The number of halogens is 3. The van der Waals surface area contributed by atoms with E-state index in [0.717, 1.165) is 14.7 Å². The Labute approximate surface area is 133 Å². The number of hydrogen-bond acceptors (Lipinski definition) is 2. The smallest absolute Gasteiger partial charge is 0.137 e. The molecule has 2 rings (SSSR count). The minimum atomic E-state index is -0.254. The van der Waals surface area contributed by atoms with Crippen molar-refractivity contribution in [3.63, 3.8) is 0 Å². The average molecular weight is 435 g/mol. The van der Waals surface area contributed by atoms with Crippen molar-refractivity contribution in [2.45, 2.75) is 12.5 Å². The zero-order valence-corrected chi connectivity index (χ0v) is 13.8. The summed E-state index contributed by atoms with van der Waals surface area (Å²) in [6.45, 7) is 0. The van der Waals surface area contributed by atoms with Gasteiger partial charge in [-0.2, -0.15) is 0 Å². The Kier molecular flexibility index (Phi) is 5.32. The highest BCUT2D eigenvalue weighted by atomic mass is 127. The number of nitrogens with one attached hydrogen (secondary N) is 1. The molecule has 2 nitrogen and oxygen atoms in total. The maximum absolute atomic E-state index is 13.2. The summed E-state index contributed by atoms with van der Waals surface area (Å²) in [5.74, 6) is 5.38. The van der Waals surface area contributed by atoms with Gasteiger partial charge in [-0.3, -0.25) is 11.3 Å². The van der Waals surface area contributed by atoms with Crippen LogP contribution in [-0.2, 0) is 6.42 Å². The first-order valence-electron chi connectivity index (χ1n) is 5.75. The highest BCUT2D eigenvalue weighted by Gasteiger charge is 2.12. The third-order valence-electron chi connectivity index (χ3n) is 2.88. The SMILES string of the molecule is NNC(Cc1ccc(F)c(Br)c1)c1cccc(I)c1. The standard InChI is InChI=1S/C14H13BrFIN2/c15-12-6-9(4-5-13(12)16)7-14(19-18)10-2-1-3-11(17)8-10/h1-6,8,14,19H,7,18H2. The van der Waals surface area contributed by atoms with Crippen LogP contribution >= 0.6 is 38.5 Å². The van der Waals surface area contributed by atoms with Crippen molar-refractivity contribution < 1.29 is 4.39 Å². The normalized spacial score (nSPS) is 12.4. The van der Waals surface area contributed by atoms with Crippen molar-refractivity contribution in [1.82, 2.24) is 5.43 Å². The number of hydrogen-bond donors (Lipinski definition) is 2. The van der Waals surface area contributed by atoms with E-state index in [-0.39, 0.29) is 11.9 Å². The van der Waals surface area contributed by atoms with E-state index in [0.29, 0.717) is 10.9 Å². The van der Waals surface area contributed by atoms with E-state index in [4.69, 9.17) is 5.84 Å². The van der Waals surface area contributed by atoms with Crippen molar-refractivity contribution in [3.05, 3.63) is 67.5 Å². The van der Waals surface area contributed by atoms with Gasteiger partial charge in [-0.25, -0.2) is 4.39 Å². The quantitative estimate of drug-likeness (QED) is 0.434.